The molecule has 6 nitrogen and oxygen atoms in total. The molecule has 9 heteroatoms. The molecule has 0 saturated carbocycles. The number of rotatable bonds is 7. The lowest BCUT2D eigenvalue weighted by molar-refractivity contribution is 0.355. The van der Waals surface area contributed by atoms with Gasteiger partial charge in [0.2, 0.25) is 0 Å². The van der Waals surface area contributed by atoms with Gasteiger partial charge in [-0.2, -0.15) is 0 Å². The molecule has 0 fully saturated rings. The number of hydrogen-bond acceptors (Lipinski definition) is 5. The maximum absolute atomic E-state index is 13.3. The van der Waals surface area contributed by atoms with E-state index in [-0.39, 0.29) is 17.9 Å². The van der Waals surface area contributed by atoms with Crippen LogP contribution in [0.15, 0.2) is 64.8 Å². The van der Waals surface area contributed by atoms with Gasteiger partial charge in [0.05, 0.1) is 32.8 Å². The summed E-state index contributed by atoms with van der Waals surface area (Å²) in [4.78, 5) is 18.8. The fraction of sp³-hybridized carbons (Fsp3) is 0.167. The first-order chi connectivity index (χ1) is 16.0. The molecule has 0 atom stereocenters. The number of H-pyrrole nitrogens is 1. The van der Waals surface area contributed by atoms with Crippen LogP contribution in [0, 0.1) is 5.82 Å². The number of pyridine rings is 1. The van der Waals surface area contributed by atoms with Gasteiger partial charge in [-0.05, 0) is 60.1 Å². The maximum atomic E-state index is 13.3. The van der Waals surface area contributed by atoms with Crippen molar-refractivity contribution in [3.63, 3.8) is 0 Å². The van der Waals surface area contributed by atoms with Crippen LogP contribution in [0.1, 0.15) is 10.4 Å². The molecule has 0 aliphatic rings. The number of aromatic nitrogens is 1. The largest absolute Gasteiger partial charge is 0.493 e. The monoisotopic (exact) mass is 483 g/mol. The number of fused-ring (bicyclic) bond motifs is 1. The molecule has 0 radical (unpaired) electrons. The second-order valence-corrected chi connectivity index (χ2v) is 8.71. The van der Waals surface area contributed by atoms with E-state index in [1.165, 1.54) is 12.1 Å². The predicted molar refractivity (Wildman–Crippen MR) is 134 cm³/mol. The Bertz CT molecular complexity index is 1320. The minimum atomic E-state index is -0.323. The topological polar surface area (TPSA) is 66.6 Å². The van der Waals surface area contributed by atoms with Gasteiger partial charge in [-0.1, -0.05) is 6.07 Å². The molecule has 0 spiro atoms. The minimum absolute atomic E-state index is 0.213. The highest BCUT2D eigenvalue weighted by Crippen LogP contribution is 2.31. The van der Waals surface area contributed by atoms with Crippen molar-refractivity contribution in [3.8, 4) is 11.5 Å². The van der Waals surface area contributed by atoms with Crippen LogP contribution in [0.4, 0.5) is 10.1 Å². The van der Waals surface area contributed by atoms with Gasteiger partial charge in [-0.25, -0.2) is 4.39 Å². The van der Waals surface area contributed by atoms with Crippen LogP contribution in [0.3, 0.4) is 0 Å². The van der Waals surface area contributed by atoms with Crippen molar-refractivity contribution >= 4 is 45.3 Å². The highest BCUT2D eigenvalue weighted by molar-refractivity contribution is 7.80. The Morgan fingerprint density at radius 1 is 1.09 bits per heavy atom. The number of thiocarbonyl (C=S) groups is 1. The number of methoxy groups -OCH3 is 2. The van der Waals surface area contributed by atoms with Gasteiger partial charge < -0.3 is 24.7 Å². The third-order valence-electron chi connectivity index (χ3n) is 5.10. The molecule has 2 aromatic heterocycles. The van der Waals surface area contributed by atoms with Gasteiger partial charge in [0, 0.05) is 27.6 Å². The molecule has 0 unspecified atom stereocenters. The third kappa shape index (κ3) is 5.32. The SMILES string of the molecule is COc1cc2cc(CN(Cc3cccs3)C(=S)Nc3ccc(F)cc3)c(=O)[nH]c2cc1OC. The molecule has 33 heavy (non-hydrogen) atoms. The number of anilines is 1. The Morgan fingerprint density at radius 3 is 2.48 bits per heavy atom. The van der Waals surface area contributed by atoms with Gasteiger partial charge in [0.15, 0.2) is 16.6 Å². The summed E-state index contributed by atoms with van der Waals surface area (Å²) in [7, 11) is 3.12. The van der Waals surface area contributed by atoms with Crippen LogP contribution in [-0.4, -0.2) is 29.2 Å². The fourth-order valence-electron chi connectivity index (χ4n) is 3.43. The van der Waals surface area contributed by atoms with Crippen LogP contribution >= 0.6 is 23.6 Å². The van der Waals surface area contributed by atoms with Gasteiger partial charge in [0.1, 0.15) is 5.82 Å². The maximum Gasteiger partial charge on any atom is 0.253 e. The summed E-state index contributed by atoms with van der Waals surface area (Å²) in [5.74, 6) is 0.793. The standard InChI is InChI=1S/C24H22FN3O3S2/c1-30-21-11-15-10-16(23(29)27-20(15)12-22(21)31-2)13-28(14-19-4-3-9-33-19)24(32)26-18-7-5-17(25)6-8-18/h3-12H,13-14H2,1-2H3,(H,26,32)(H,27,29). The number of halogens is 1. The molecule has 0 bridgehead atoms. The molecule has 2 heterocycles. The number of benzene rings is 2. The molecule has 2 aromatic carbocycles. The number of nitrogens with one attached hydrogen (secondary N) is 2. The van der Waals surface area contributed by atoms with Crippen molar-refractivity contribution in [2.45, 2.75) is 13.1 Å². The first-order valence-electron chi connectivity index (χ1n) is 10.1. The van der Waals surface area contributed by atoms with E-state index in [9.17, 15) is 9.18 Å². The summed E-state index contributed by atoms with van der Waals surface area (Å²) in [5.41, 5.74) is 1.66. The highest BCUT2D eigenvalue weighted by Gasteiger charge is 2.16. The van der Waals surface area contributed by atoms with E-state index < -0.39 is 0 Å². The van der Waals surface area contributed by atoms with E-state index in [0.717, 1.165) is 10.3 Å². The molecular formula is C24H22FN3O3S2. The van der Waals surface area contributed by atoms with Crippen molar-refractivity contribution in [3.05, 3.63) is 86.6 Å². The molecule has 4 rings (SSSR count). The van der Waals surface area contributed by atoms with Crippen LogP contribution in [0.25, 0.3) is 10.9 Å². The Balaban J connectivity index is 1.65. The van der Waals surface area contributed by atoms with Gasteiger partial charge in [-0.3, -0.25) is 4.79 Å². The fourth-order valence-corrected chi connectivity index (χ4v) is 4.39. The quantitative estimate of drug-likeness (QED) is 0.355. The molecular weight excluding hydrogens is 461 g/mol. The van der Waals surface area contributed by atoms with Gasteiger partial charge >= 0.3 is 0 Å². The Morgan fingerprint density at radius 2 is 1.82 bits per heavy atom. The molecule has 0 amide bonds. The van der Waals surface area contributed by atoms with Crippen LogP contribution in [0.2, 0.25) is 0 Å². The number of thiophene rings is 1. The van der Waals surface area contributed by atoms with Crippen molar-refractivity contribution in [1.82, 2.24) is 9.88 Å². The average molecular weight is 484 g/mol. The lowest BCUT2D eigenvalue weighted by atomic mass is 10.1. The van der Waals surface area contributed by atoms with Gasteiger partial charge in [0.25, 0.3) is 5.56 Å². The number of nitrogens with zero attached hydrogens (tertiary/aromatic N) is 1. The number of ether oxygens (including phenoxy) is 2. The molecule has 0 saturated heterocycles. The van der Waals surface area contributed by atoms with E-state index in [0.29, 0.717) is 39.9 Å². The van der Waals surface area contributed by atoms with E-state index in [4.69, 9.17) is 21.7 Å². The normalized spacial score (nSPS) is 10.8. The van der Waals surface area contributed by atoms with Crippen molar-refractivity contribution in [2.24, 2.45) is 0 Å². The summed E-state index contributed by atoms with van der Waals surface area (Å²) in [6.45, 7) is 0.804. The molecule has 4 aromatic rings. The van der Waals surface area contributed by atoms with Crippen LogP contribution in [-0.2, 0) is 13.1 Å². The van der Waals surface area contributed by atoms with Gasteiger partial charge in [-0.15, -0.1) is 11.3 Å². The summed E-state index contributed by atoms with van der Waals surface area (Å²) in [6.07, 6.45) is 0. The van der Waals surface area contributed by atoms with E-state index in [2.05, 4.69) is 10.3 Å². The summed E-state index contributed by atoms with van der Waals surface area (Å²) < 4.78 is 24.0. The zero-order valence-electron chi connectivity index (χ0n) is 18.1. The van der Waals surface area contributed by atoms with E-state index >= 15 is 0 Å². The second-order valence-electron chi connectivity index (χ2n) is 7.29. The van der Waals surface area contributed by atoms with E-state index in [1.54, 1.807) is 43.8 Å². The summed E-state index contributed by atoms with van der Waals surface area (Å²) >= 11 is 7.26. The zero-order valence-corrected chi connectivity index (χ0v) is 19.7. The minimum Gasteiger partial charge on any atom is -0.493 e. The highest BCUT2D eigenvalue weighted by atomic mass is 32.1. The summed E-state index contributed by atoms with van der Waals surface area (Å²) in [6, 6.07) is 15.3. The van der Waals surface area contributed by atoms with Crippen molar-refractivity contribution < 1.29 is 13.9 Å². The first-order valence-corrected chi connectivity index (χ1v) is 11.4. The number of aromatic amines is 1. The zero-order chi connectivity index (χ0) is 23.4. The lowest BCUT2D eigenvalue weighted by Crippen LogP contribution is -2.35. The molecule has 170 valence electrons. The Kier molecular flexibility index (Phi) is 6.90. The van der Waals surface area contributed by atoms with Crippen molar-refractivity contribution in [2.75, 3.05) is 19.5 Å². The van der Waals surface area contributed by atoms with Crippen molar-refractivity contribution in [1.29, 1.82) is 0 Å². The Hall–Kier alpha value is -3.43. The van der Waals surface area contributed by atoms with Crippen LogP contribution in [0.5, 0.6) is 11.5 Å². The molecule has 2 N–H and O–H groups in total. The summed E-state index contributed by atoms with van der Waals surface area (Å²) in [5, 5.41) is 6.38. The Labute approximate surface area is 199 Å². The second kappa shape index (κ2) is 10.0. The third-order valence-corrected chi connectivity index (χ3v) is 6.32. The average Bonchev–Trinajstić information content (AvgIpc) is 3.33. The number of hydrogen-bond donors (Lipinski definition) is 2. The van der Waals surface area contributed by atoms with E-state index in [1.807, 2.05) is 34.5 Å². The molecule has 0 aliphatic heterocycles. The predicted octanol–water partition coefficient (Wildman–Crippen LogP) is 5.15. The van der Waals surface area contributed by atoms with Crippen LogP contribution < -0.4 is 20.3 Å². The smallest absolute Gasteiger partial charge is 0.253 e. The lowest BCUT2D eigenvalue weighted by Gasteiger charge is -2.25. The first kappa shape index (κ1) is 22.8. The molecule has 0 aliphatic carbocycles.